The van der Waals surface area contributed by atoms with Crippen LogP contribution < -0.4 is 5.32 Å². The van der Waals surface area contributed by atoms with E-state index in [2.05, 4.69) is 10.3 Å². The zero-order valence-corrected chi connectivity index (χ0v) is 11.1. The number of rotatable bonds is 2. The van der Waals surface area contributed by atoms with Gasteiger partial charge in [0.25, 0.3) is 5.91 Å². The summed E-state index contributed by atoms with van der Waals surface area (Å²) >= 11 is 0. The van der Waals surface area contributed by atoms with E-state index in [9.17, 15) is 4.79 Å². The molecule has 2 aromatic rings. The number of amidine groups is 1. The average Bonchev–Trinajstić information content (AvgIpc) is 2.81. The highest BCUT2D eigenvalue weighted by atomic mass is 16.2. The molecule has 0 bridgehead atoms. The predicted molar refractivity (Wildman–Crippen MR) is 80.3 cm³/mol. The van der Waals surface area contributed by atoms with Crippen LogP contribution in [-0.2, 0) is 4.79 Å². The zero-order chi connectivity index (χ0) is 13.9. The molecule has 3 heteroatoms. The third-order valence-electron chi connectivity index (χ3n) is 3.09. The Kier molecular flexibility index (Phi) is 3.17. The van der Waals surface area contributed by atoms with Crippen LogP contribution in [0.25, 0.3) is 6.08 Å². The molecule has 20 heavy (non-hydrogen) atoms. The predicted octanol–water partition coefficient (Wildman–Crippen LogP) is 2.91. The van der Waals surface area contributed by atoms with Gasteiger partial charge in [-0.3, -0.25) is 4.79 Å². The third kappa shape index (κ3) is 2.52. The van der Waals surface area contributed by atoms with E-state index in [1.807, 2.05) is 61.5 Å². The number of carbonyl (C=O) groups is 1. The topological polar surface area (TPSA) is 41.5 Å². The maximum Gasteiger partial charge on any atom is 0.275 e. The van der Waals surface area contributed by atoms with Gasteiger partial charge >= 0.3 is 0 Å². The number of nitrogens with one attached hydrogen (secondary N) is 1. The van der Waals surface area contributed by atoms with Crippen LogP contribution in [0.15, 0.2) is 65.3 Å². The Morgan fingerprint density at radius 3 is 2.60 bits per heavy atom. The molecule has 1 N–H and O–H groups in total. The summed E-state index contributed by atoms with van der Waals surface area (Å²) in [5.74, 6) is 0.444. The van der Waals surface area contributed by atoms with E-state index in [1.54, 1.807) is 6.08 Å². The van der Waals surface area contributed by atoms with E-state index in [1.165, 1.54) is 0 Å². The van der Waals surface area contributed by atoms with Crippen LogP contribution in [0, 0.1) is 6.92 Å². The fourth-order valence-electron chi connectivity index (χ4n) is 2.12. The Morgan fingerprint density at radius 2 is 1.85 bits per heavy atom. The van der Waals surface area contributed by atoms with Crippen LogP contribution in [0.1, 0.15) is 16.7 Å². The SMILES string of the molecule is Cc1cccc(/C=C2/N=C(c3ccccc3)NC2=O)c1. The van der Waals surface area contributed by atoms with Crippen molar-refractivity contribution in [3.05, 3.63) is 77.0 Å². The second-order valence-electron chi connectivity index (χ2n) is 4.72. The first-order valence-electron chi connectivity index (χ1n) is 6.46. The highest BCUT2D eigenvalue weighted by Gasteiger charge is 2.20. The van der Waals surface area contributed by atoms with Gasteiger partial charge in [-0.15, -0.1) is 0 Å². The molecule has 0 aliphatic carbocycles. The first-order chi connectivity index (χ1) is 9.72. The van der Waals surface area contributed by atoms with Gasteiger partial charge in [-0.05, 0) is 18.6 Å². The van der Waals surface area contributed by atoms with Gasteiger partial charge in [-0.25, -0.2) is 4.99 Å². The number of carbonyl (C=O) groups excluding carboxylic acids is 1. The number of benzene rings is 2. The van der Waals surface area contributed by atoms with Crippen molar-refractivity contribution >= 4 is 17.8 Å². The molecule has 3 nitrogen and oxygen atoms in total. The highest BCUT2D eigenvalue weighted by Crippen LogP contribution is 2.15. The van der Waals surface area contributed by atoms with Crippen LogP contribution in [0.4, 0.5) is 0 Å². The molecule has 0 aromatic heterocycles. The third-order valence-corrected chi connectivity index (χ3v) is 3.09. The van der Waals surface area contributed by atoms with Gasteiger partial charge in [0.15, 0.2) is 0 Å². The molecule has 3 rings (SSSR count). The van der Waals surface area contributed by atoms with Crippen LogP contribution >= 0.6 is 0 Å². The van der Waals surface area contributed by atoms with Gasteiger partial charge in [0.2, 0.25) is 0 Å². The molecule has 98 valence electrons. The van der Waals surface area contributed by atoms with Crippen molar-refractivity contribution in [1.82, 2.24) is 5.32 Å². The van der Waals surface area contributed by atoms with Gasteiger partial charge in [0.05, 0.1) is 0 Å². The van der Waals surface area contributed by atoms with Crippen LogP contribution in [-0.4, -0.2) is 11.7 Å². The second-order valence-corrected chi connectivity index (χ2v) is 4.72. The van der Waals surface area contributed by atoms with Gasteiger partial charge in [-0.2, -0.15) is 0 Å². The summed E-state index contributed by atoms with van der Waals surface area (Å²) < 4.78 is 0. The molecule has 1 aliphatic rings. The molecular weight excluding hydrogens is 248 g/mol. The quantitative estimate of drug-likeness (QED) is 0.831. The fourth-order valence-corrected chi connectivity index (χ4v) is 2.12. The largest absolute Gasteiger partial charge is 0.305 e. The normalized spacial score (nSPS) is 16.1. The van der Waals surface area contributed by atoms with Gasteiger partial charge in [0, 0.05) is 5.56 Å². The maximum absolute atomic E-state index is 12.0. The Bertz CT molecular complexity index is 715. The smallest absolute Gasteiger partial charge is 0.275 e. The molecule has 1 heterocycles. The molecule has 0 spiro atoms. The molecule has 0 saturated carbocycles. The zero-order valence-electron chi connectivity index (χ0n) is 11.1. The fraction of sp³-hybridized carbons (Fsp3) is 0.0588. The number of hydrogen-bond donors (Lipinski definition) is 1. The lowest BCUT2D eigenvalue weighted by atomic mass is 10.1. The van der Waals surface area contributed by atoms with E-state index in [0.29, 0.717) is 11.5 Å². The highest BCUT2D eigenvalue weighted by molar-refractivity contribution is 6.19. The number of aliphatic imine (C=N–C) groups is 1. The molecule has 0 unspecified atom stereocenters. The maximum atomic E-state index is 12.0. The van der Waals surface area contributed by atoms with Crippen molar-refractivity contribution in [2.45, 2.75) is 6.92 Å². The van der Waals surface area contributed by atoms with Crippen molar-refractivity contribution in [3.63, 3.8) is 0 Å². The summed E-state index contributed by atoms with van der Waals surface area (Å²) in [7, 11) is 0. The molecule has 0 fully saturated rings. The molecule has 1 aliphatic heterocycles. The van der Waals surface area contributed by atoms with Crippen molar-refractivity contribution in [2.24, 2.45) is 4.99 Å². The second kappa shape index (κ2) is 5.13. The number of hydrogen-bond acceptors (Lipinski definition) is 2. The van der Waals surface area contributed by atoms with E-state index < -0.39 is 0 Å². The minimum Gasteiger partial charge on any atom is -0.305 e. The molecule has 1 amide bonds. The van der Waals surface area contributed by atoms with Gasteiger partial charge < -0.3 is 5.32 Å². The molecule has 0 atom stereocenters. The standard InChI is InChI=1S/C17H14N2O/c1-12-6-5-7-13(10-12)11-15-17(20)19-16(18-15)14-8-3-2-4-9-14/h2-11H,1H3,(H,18,19,20)/b15-11+. The van der Waals surface area contributed by atoms with Crippen molar-refractivity contribution < 1.29 is 4.79 Å². The van der Waals surface area contributed by atoms with Crippen LogP contribution in [0.2, 0.25) is 0 Å². The minimum absolute atomic E-state index is 0.162. The Labute approximate surface area is 117 Å². The number of amides is 1. The molecule has 0 saturated heterocycles. The molecular formula is C17H14N2O. The van der Waals surface area contributed by atoms with E-state index >= 15 is 0 Å². The monoisotopic (exact) mass is 262 g/mol. The van der Waals surface area contributed by atoms with Gasteiger partial charge in [0.1, 0.15) is 11.5 Å². The summed E-state index contributed by atoms with van der Waals surface area (Å²) in [6.07, 6.45) is 1.80. The first-order valence-corrected chi connectivity index (χ1v) is 6.46. The van der Waals surface area contributed by atoms with E-state index in [0.717, 1.165) is 16.7 Å². The minimum atomic E-state index is -0.162. The summed E-state index contributed by atoms with van der Waals surface area (Å²) in [5, 5.41) is 2.80. The van der Waals surface area contributed by atoms with E-state index in [-0.39, 0.29) is 5.91 Å². The Balaban J connectivity index is 1.95. The van der Waals surface area contributed by atoms with Gasteiger partial charge in [-0.1, -0.05) is 60.2 Å². The number of aryl methyl sites for hydroxylation is 1. The Morgan fingerprint density at radius 1 is 1.05 bits per heavy atom. The first kappa shape index (κ1) is 12.4. The summed E-state index contributed by atoms with van der Waals surface area (Å²) in [6.45, 7) is 2.02. The lowest BCUT2D eigenvalue weighted by Crippen LogP contribution is -2.24. The summed E-state index contributed by atoms with van der Waals surface area (Å²) in [4.78, 5) is 16.3. The molecule has 2 aromatic carbocycles. The van der Waals surface area contributed by atoms with Crippen LogP contribution in [0.5, 0.6) is 0 Å². The van der Waals surface area contributed by atoms with Crippen molar-refractivity contribution in [2.75, 3.05) is 0 Å². The van der Waals surface area contributed by atoms with Crippen molar-refractivity contribution in [1.29, 1.82) is 0 Å². The Hall–Kier alpha value is -2.68. The van der Waals surface area contributed by atoms with E-state index in [4.69, 9.17) is 0 Å². The average molecular weight is 262 g/mol. The van der Waals surface area contributed by atoms with Crippen molar-refractivity contribution in [3.8, 4) is 0 Å². The number of nitrogens with zero attached hydrogens (tertiary/aromatic N) is 1. The lowest BCUT2D eigenvalue weighted by molar-refractivity contribution is -0.115. The van der Waals surface area contributed by atoms with Crippen LogP contribution in [0.3, 0.4) is 0 Å². The summed E-state index contributed by atoms with van der Waals surface area (Å²) in [5.41, 5.74) is 3.49. The summed E-state index contributed by atoms with van der Waals surface area (Å²) in [6, 6.07) is 17.6. The molecule has 0 radical (unpaired) electrons. The lowest BCUT2D eigenvalue weighted by Gasteiger charge is -1.98.